The van der Waals surface area contributed by atoms with Gasteiger partial charge in [0.2, 0.25) is 5.69 Å². The number of hydrogen-bond acceptors (Lipinski definition) is 2. The Morgan fingerprint density at radius 1 is 0.676 bits per heavy atom. The Kier molecular flexibility index (Phi) is 4.64. The molecule has 3 nitrogen and oxygen atoms in total. The van der Waals surface area contributed by atoms with Gasteiger partial charge >= 0.3 is 0 Å². The van der Waals surface area contributed by atoms with Gasteiger partial charge in [-0.1, -0.05) is 60.7 Å². The first kappa shape index (κ1) is 21.4. The molecule has 0 unspecified atom stereocenters. The fraction of sp³-hybridized carbons (Fsp3) is 0.0588. The Morgan fingerprint density at radius 2 is 1.38 bits per heavy atom. The van der Waals surface area contributed by atoms with Crippen LogP contribution in [0.1, 0.15) is 11.1 Å². The van der Waals surface area contributed by atoms with Crippen LogP contribution >= 0.6 is 0 Å². The smallest absolute Gasteiger partial charge is 0.216 e. The minimum Gasteiger partial charge on any atom is -0.454 e. The SMILES string of the molecule is Cc1ccc2c(oc3c(-c4ccc5c(ccc6ccccc65)c4)c(C#N)ccc32)c1-c1cccc[n+]1C. The average molecular weight is 476 g/mol. The molecule has 0 amide bonds. The van der Waals surface area contributed by atoms with Gasteiger partial charge in [0.05, 0.1) is 17.2 Å². The van der Waals surface area contributed by atoms with Gasteiger partial charge in [0.25, 0.3) is 0 Å². The van der Waals surface area contributed by atoms with E-state index in [4.69, 9.17) is 4.42 Å². The van der Waals surface area contributed by atoms with Crippen molar-refractivity contribution in [2.24, 2.45) is 7.05 Å². The lowest BCUT2D eigenvalue weighted by atomic mass is 9.93. The molecule has 2 heterocycles. The lowest BCUT2D eigenvalue weighted by Gasteiger charge is -2.09. The molecule has 0 atom stereocenters. The maximum absolute atomic E-state index is 10.1. The van der Waals surface area contributed by atoms with Gasteiger partial charge in [-0.3, -0.25) is 0 Å². The number of benzene rings is 5. The highest BCUT2D eigenvalue weighted by molar-refractivity contribution is 6.15. The van der Waals surface area contributed by atoms with E-state index in [0.717, 1.165) is 55.3 Å². The predicted octanol–water partition coefficient (Wildman–Crippen LogP) is 8.23. The first-order chi connectivity index (χ1) is 18.1. The number of furan rings is 1. The summed E-state index contributed by atoms with van der Waals surface area (Å²) in [6.45, 7) is 2.12. The Labute approximate surface area is 214 Å². The molecule has 7 aromatic rings. The molecule has 3 heteroatoms. The molecule has 174 valence electrons. The molecule has 0 N–H and O–H groups in total. The van der Waals surface area contributed by atoms with Gasteiger partial charge in [-0.25, -0.2) is 4.57 Å². The van der Waals surface area contributed by atoms with E-state index >= 15 is 0 Å². The number of hydrogen-bond donors (Lipinski definition) is 0. The summed E-state index contributed by atoms with van der Waals surface area (Å²) < 4.78 is 8.84. The average Bonchev–Trinajstić information content (AvgIpc) is 3.31. The summed E-state index contributed by atoms with van der Waals surface area (Å²) in [5, 5.41) is 16.9. The maximum Gasteiger partial charge on any atom is 0.216 e. The molecule has 0 aliphatic heterocycles. The number of aryl methyl sites for hydroxylation is 2. The van der Waals surface area contributed by atoms with Gasteiger partial charge in [0.15, 0.2) is 6.20 Å². The van der Waals surface area contributed by atoms with Crippen LogP contribution in [0.4, 0.5) is 0 Å². The summed E-state index contributed by atoms with van der Waals surface area (Å²) >= 11 is 0. The van der Waals surface area contributed by atoms with Crippen LogP contribution in [0.3, 0.4) is 0 Å². The van der Waals surface area contributed by atoms with E-state index in [0.29, 0.717) is 5.56 Å². The van der Waals surface area contributed by atoms with E-state index in [1.165, 1.54) is 16.2 Å². The van der Waals surface area contributed by atoms with Crippen LogP contribution in [-0.4, -0.2) is 0 Å². The van der Waals surface area contributed by atoms with Crippen molar-refractivity contribution in [2.45, 2.75) is 6.92 Å². The standard InChI is InChI=1S/C34H23N2O/c1-21-10-15-28-29-17-14-25(20-35)32(34(29)37-33(28)31(21)30-9-5-6-18-36(30)2)24-13-16-27-23(19-24)12-11-22-7-3-4-8-26(22)27/h3-19H,1-2H3/q+1. The van der Waals surface area contributed by atoms with Crippen molar-refractivity contribution < 1.29 is 8.98 Å². The zero-order valence-corrected chi connectivity index (χ0v) is 20.6. The summed E-state index contributed by atoms with van der Waals surface area (Å²) in [4.78, 5) is 0. The minimum absolute atomic E-state index is 0.607. The summed E-state index contributed by atoms with van der Waals surface area (Å²) in [6, 6.07) is 36.0. The van der Waals surface area contributed by atoms with Crippen LogP contribution in [0.25, 0.3) is 65.9 Å². The largest absolute Gasteiger partial charge is 0.454 e. The number of fused-ring (bicyclic) bond motifs is 6. The van der Waals surface area contributed by atoms with Crippen molar-refractivity contribution in [3.8, 4) is 28.5 Å². The summed E-state index contributed by atoms with van der Waals surface area (Å²) in [7, 11) is 2.05. The number of nitriles is 1. The maximum atomic E-state index is 10.1. The molecule has 0 bridgehead atoms. The van der Waals surface area contributed by atoms with E-state index in [9.17, 15) is 5.26 Å². The second-order valence-corrected chi connectivity index (χ2v) is 9.63. The molecule has 2 aromatic heterocycles. The normalized spacial score (nSPS) is 11.5. The first-order valence-electron chi connectivity index (χ1n) is 12.4. The van der Waals surface area contributed by atoms with Crippen molar-refractivity contribution in [3.63, 3.8) is 0 Å². The molecule has 7 rings (SSSR count). The van der Waals surface area contributed by atoms with E-state index in [1.807, 2.05) is 37.5 Å². The molecule has 0 saturated carbocycles. The molecule has 0 aliphatic carbocycles. The third-order valence-electron chi connectivity index (χ3n) is 7.48. The lowest BCUT2D eigenvalue weighted by molar-refractivity contribution is -0.660. The van der Waals surface area contributed by atoms with Crippen LogP contribution in [0.5, 0.6) is 0 Å². The highest BCUT2D eigenvalue weighted by Crippen LogP contribution is 2.42. The fourth-order valence-corrected chi connectivity index (χ4v) is 5.65. The molecule has 5 aromatic carbocycles. The second-order valence-electron chi connectivity index (χ2n) is 9.63. The number of nitrogens with zero attached hydrogens (tertiary/aromatic N) is 2. The molecular weight excluding hydrogens is 452 g/mol. The summed E-state index contributed by atoms with van der Waals surface area (Å²) in [6.07, 6.45) is 2.05. The van der Waals surface area contributed by atoms with Crippen LogP contribution in [-0.2, 0) is 7.05 Å². The lowest BCUT2D eigenvalue weighted by Crippen LogP contribution is -2.30. The molecule has 0 spiro atoms. The molecule has 37 heavy (non-hydrogen) atoms. The van der Waals surface area contributed by atoms with Gasteiger partial charge in [-0.2, -0.15) is 5.26 Å². The monoisotopic (exact) mass is 475 g/mol. The topological polar surface area (TPSA) is 40.8 Å². The zero-order chi connectivity index (χ0) is 25.1. The summed E-state index contributed by atoms with van der Waals surface area (Å²) in [5.74, 6) is 0. The van der Waals surface area contributed by atoms with Gasteiger partial charge in [-0.05, 0) is 63.9 Å². The molecule has 0 fully saturated rings. The second kappa shape index (κ2) is 8.05. The third kappa shape index (κ3) is 3.16. The van der Waals surface area contributed by atoms with E-state index in [-0.39, 0.29) is 0 Å². The Bertz CT molecular complexity index is 2070. The number of aromatic nitrogens is 1. The van der Waals surface area contributed by atoms with Crippen LogP contribution in [0.2, 0.25) is 0 Å². The molecule has 0 radical (unpaired) electrons. The van der Waals surface area contributed by atoms with Gasteiger partial charge in [0.1, 0.15) is 18.2 Å². The molecule has 0 aliphatic rings. The van der Waals surface area contributed by atoms with Crippen molar-refractivity contribution in [3.05, 3.63) is 114 Å². The Balaban J connectivity index is 1.55. The fourth-order valence-electron chi connectivity index (χ4n) is 5.65. The number of pyridine rings is 1. The van der Waals surface area contributed by atoms with Crippen molar-refractivity contribution in [1.29, 1.82) is 5.26 Å². The van der Waals surface area contributed by atoms with Gasteiger partial charge < -0.3 is 4.42 Å². The Hall–Kier alpha value is -4.94. The van der Waals surface area contributed by atoms with E-state index in [2.05, 4.69) is 90.4 Å². The van der Waals surface area contributed by atoms with E-state index < -0.39 is 0 Å². The number of rotatable bonds is 2. The molecule has 0 saturated heterocycles. The third-order valence-corrected chi connectivity index (χ3v) is 7.48. The van der Waals surface area contributed by atoms with Crippen molar-refractivity contribution >= 4 is 43.5 Å². The van der Waals surface area contributed by atoms with Crippen LogP contribution < -0.4 is 4.57 Å². The quantitative estimate of drug-likeness (QED) is 0.187. The van der Waals surface area contributed by atoms with Gasteiger partial charge in [-0.15, -0.1) is 0 Å². The van der Waals surface area contributed by atoms with Crippen molar-refractivity contribution in [1.82, 2.24) is 0 Å². The Morgan fingerprint density at radius 3 is 2.22 bits per heavy atom. The minimum atomic E-state index is 0.607. The van der Waals surface area contributed by atoms with Crippen molar-refractivity contribution in [2.75, 3.05) is 0 Å². The summed E-state index contributed by atoms with van der Waals surface area (Å²) in [5.41, 5.74) is 7.33. The highest BCUT2D eigenvalue weighted by Gasteiger charge is 2.23. The highest BCUT2D eigenvalue weighted by atomic mass is 16.3. The first-order valence-corrected chi connectivity index (χ1v) is 12.4. The van der Waals surface area contributed by atoms with E-state index in [1.54, 1.807) is 0 Å². The van der Waals surface area contributed by atoms with Crippen LogP contribution in [0.15, 0.2) is 108 Å². The van der Waals surface area contributed by atoms with Crippen LogP contribution in [0, 0.1) is 18.3 Å². The van der Waals surface area contributed by atoms with Gasteiger partial charge in [0, 0.05) is 28.5 Å². The zero-order valence-electron chi connectivity index (χ0n) is 20.6. The molecular formula is C34H23N2O+. The predicted molar refractivity (Wildman–Crippen MR) is 150 cm³/mol.